The molecule has 2 fully saturated rings. The van der Waals surface area contributed by atoms with Gasteiger partial charge in [0.05, 0.1) is 5.69 Å². The van der Waals surface area contributed by atoms with Crippen LogP contribution in [0.1, 0.15) is 50.2 Å². The summed E-state index contributed by atoms with van der Waals surface area (Å²) < 4.78 is 6.35. The topological polar surface area (TPSA) is 96.0 Å². The minimum absolute atomic E-state index is 0.149. The summed E-state index contributed by atoms with van der Waals surface area (Å²) in [5.41, 5.74) is 4.59. The molecule has 1 saturated heterocycles. The fourth-order valence-corrected chi connectivity index (χ4v) is 4.93. The molecule has 1 aromatic heterocycles. The standard InChI is InChI=1S/C27H34N6O2/c1-17-6-5-13-33(16-17)21-11-12-23(22(15-21)26-29-31-32-30-26)28-27(34)24(14-20-9-10-20)35-25-18(2)7-4-8-19(25)3/h4,7-8,11-12,15,17,20,24H,5-6,9-10,13-14,16H2,1-3H3,(H,28,34)(H,29,30,31,32)/t17-,24+/m1/s1. The number of tetrazole rings is 1. The van der Waals surface area contributed by atoms with Crippen molar-refractivity contribution in [3.8, 4) is 17.1 Å². The number of aromatic amines is 1. The number of benzene rings is 2. The number of carbonyl (C=O) groups is 1. The van der Waals surface area contributed by atoms with Gasteiger partial charge in [0, 0.05) is 24.3 Å². The number of para-hydroxylation sites is 1. The Labute approximate surface area is 206 Å². The van der Waals surface area contributed by atoms with E-state index in [9.17, 15) is 4.79 Å². The van der Waals surface area contributed by atoms with Crippen LogP contribution in [0.2, 0.25) is 0 Å². The van der Waals surface area contributed by atoms with Crippen molar-refractivity contribution in [2.24, 2.45) is 11.8 Å². The molecule has 2 N–H and O–H groups in total. The maximum Gasteiger partial charge on any atom is 0.265 e. The molecule has 1 saturated carbocycles. The molecule has 8 nitrogen and oxygen atoms in total. The van der Waals surface area contributed by atoms with E-state index in [1.807, 2.05) is 38.1 Å². The summed E-state index contributed by atoms with van der Waals surface area (Å²) in [5.74, 6) is 2.30. The number of carbonyl (C=O) groups excluding carboxylic acids is 1. The second-order valence-electron chi connectivity index (χ2n) is 10.2. The maximum atomic E-state index is 13.5. The smallest absolute Gasteiger partial charge is 0.265 e. The monoisotopic (exact) mass is 474 g/mol. The molecule has 0 bridgehead atoms. The van der Waals surface area contributed by atoms with E-state index in [0.29, 0.717) is 29.8 Å². The molecule has 184 valence electrons. The third-order valence-electron chi connectivity index (χ3n) is 7.08. The zero-order valence-electron chi connectivity index (χ0n) is 20.8. The number of anilines is 2. The minimum atomic E-state index is -0.567. The Hall–Kier alpha value is -3.42. The van der Waals surface area contributed by atoms with Gasteiger partial charge in [0.25, 0.3) is 5.91 Å². The highest BCUT2D eigenvalue weighted by Gasteiger charge is 2.32. The van der Waals surface area contributed by atoms with Gasteiger partial charge in [-0.15, -0.1) is 10.2 Å². The largest absolute Gasteiger partial charge is 0.480 e. The molecule has 2 atom stereocenters. The quantitative estimate of drug-likeness (QED) is 0.482. The van der Waals surface area contributed by atoms with Crippen molar-refractivity contribution in [1.82, 2.24) is 20.6 Å². The van der Waals surface area contributed by atoms with Crippen molar-refractivity contribution in [2.75, 3.05) is 23.3 Å². The lowest BCUT2D eigenvalue weighted by Gasteiger charge is -2.33. The van der Waals surface area contributed by atoms with Gasteiger partial charge in [-0.05, 0) is 79.5 Å². The van der Waals surface area contributed by atoms with E-state index >= 15 is 0 Å². The van der Waals surface area contributed by atoms with Gasteiger partial charge < -0.3 is 15.0 Å². The van der Waals surface area contributed by atoms with Gasteiger partial charge in [0.2, 0.25) is 5.82 Å². The van der Waals surface area contributed by atoms with Crippen LogP contribution in [-0.2, 0) is 4.79 Å². The fourth-order valence-electron chi connectivity index (χ4n) is 4.93. The van der Waals surface area contributed by atoms with Crippen LogP contribution >= 0.6 is 0 Å². The lowest BCUT2D eigenvalue weighted by Crippen LogP contribution is -2.35. The summed E-state index contributed by atoms with van der Waals surface area (Å²) in [6.07, 6.45) is 4.87. The number of nitrogens with zero attached hydrogens (tertiary/aromatic N) is 4. The molecule has 35 heavy (non-hydrogen) atoms. The number of rotatable bonds is 8. The van der Waals surface area contributed by atoms with Crippen LogP contribution in [0, 0.1) is 25.7 Å². The van der Waals surface area contributed by atoms with E-state index in [4.69, 9.17) is 4.74 Å². The van der Waals surface area contributed by atoms with Gasteiger partial charge in [-0.1, -0.05) is 38.0 Å². The highest BCUT2D eigenvalue weighted by molar-refractivity contribution is 5.98. The third kappa shape index (κ3) is 5.47. The summed E-state index contributed by atoms with van der Waals surface area (Å²) in [7, 11) is 0. The molecule has 5 rings (SSSR count). The predicted octanol–water partition coefficient (Wildman–Crippen LogP) is 4.91. The number of hydrogen-bond donors (Lipinski definition) is 2. The van der Waals surface area contributed by atoms with Crippen molar-refractivity contribution < 1.29 is 9.53 Å². The fraction of sp³-hybridized carbons (Fsp3) is 0.481. The normalized spacial score (nSPS) is 18.8. The van der Waals surface area contributed by atoms with Crippen LogP contribution in [-0.4, -0.2) is 45.7 Å². The molecule has 1 amide bonds. The summed E-state index contributed by atoms with van der Waals surface area (Å²) in [5, 5.41) is 17.8. The minimum Gasteiger partial charge on any atom is -0.480 e. The second kappa shape index (κ2) is 10.1. The Morgan fingerprint density at radius 1 is 1.20 bits per heavy atom. The van der Waals surface area contributed by atoms with Crippen molar-refractivity contribution in [3.05, 3.63) is 47.5 Å². The molecular weight excluding hydrogens is 440 g/mol. The Kier molecular flexibility index (Phi) is 6.70. The predicted molar refractivity (Wildman–Crippen MR) is 137 cm³/mol. The second-order valence-corrected chi connectivity index (χ2v) is 10.2. The molecule has 1 aliphatic carbocycles. The van der Waals surface area contributed by atoms with Crippen LogP contribution in [0.25, 0.3) is 11.4 Å². The van der Waals surface area contributed by atoms with E-state index < -0.39 is 6.10 Å². The molecule has 3 aromatic rings. The van der Waals surface area contributed by atoms with E-state index in [1.54, 1.807) is 0 Å². The van der Waals surface area contributed by atoms with Gasteiger partial charge in [0.15, 0.2) is 6.10 Å². The van der Waals surface area contributed by atoms with Gasteiger partial charge in [0.1, 0.15) is 5.75 Å². The first-order valence-electron chi connectivity index (χ1n) is 12.6. The van der Waals surface area contributed by atoms with Crippen molar-refractivity contribution in [1.29, 1.82) is 0 Å². The number of piperidine rings is 1. The first kappa shape index (κ1) is 23.3. The van der Waals surface area contributed by atoms with Gasteiger partial charge in [-0.25, -0.2) is 0 Å². The SMILES string of the molecule is Cc1cccc(C)c1O[C@@H](CC1CC1)C(=O)Nc1ccc(N2CCC[C@@H](C)C2)cc1-c1nn[nH]n1. The van der Waals surface area contributed by atoms with Crippen LogP contribution in [0.3, 0.4) is 0 Å². The molecule has 1 aliphatic heterocycles. The average Bonchev–Trinajstić information content (AvgIpc) is 3.50. The zero-order chi connectivity index (χ0) is 24.4. The lowest BCUT2D eigenvalue weighted by molar-refractivity contribution is -0.123. The molecular formula is C27H34N6O2. The molecule has 0 radical (unpaired) electrons. The van der Waals surface area contributed by atoms with Crippen molar-refractivity contribution >= 4 is 17.3 Å². The number of aryl methyl sites for hydroxylation is 2. The Morgan fingerprint density at radius 3 is 2.69 bits per heavy atom. The van der Waals surface area contributed by atoms with Crippen LogP contribution in [0.15, 0.2) is 36.4 Å². The zero-order valence-corrected chi connectivity index (χ0v) is 20.8. The van der Waals surface area contributed by atoms with E-state index in [2.05, 4.69) is 49.9 Å². The molecule has 0 spiro atoms. The first-order chi connectivity index (χ1) is 17.0. The summed E-state index contributed by atoms with van der Waals surface area (Å²) >= 11 is 0. The molecule has 2 aliphatic rings. The molecule has 2 heterocycles. The highest BCUT2D eigenvalue weighted by Crippen LogP contribution is 2.37. The van der Waals surface area contributed by atoms with Crippen LogP contribution in [0.4, 0.5) is 11.4 Å². The van der Waals surface area contributed by atoms with Gasteiger partial charge in [-0.2, -0.15) is 5.21 Å². The number of nitrogens with one attached hydrogen (secondary N) is 2. The van der Waals surface area contributed by atoms with Crippen LogP contribution < -0.4 is 15.0 Å². The Balaban J connectivity index is 1.41. The first-order valence-corrected chi connectivity index (χ1v) is 12.6. The molecule has 2 aromatic carbocycles. The van der Waals surface area contributed by atoms with E-state index in [0.717, 1.165) is 54.1 Å². The van der Waals surface area contributed by atoms with Crippen molar-refractivity contribution in [2.45, 2.75) is 59.0 Å². The number of hydrogen-bond acceptors (Lipinski definition) is 6. The maximum absolute atomic E-state index is 13.5. The molecule has 0 unspecified atom stereocenters. The Bertz CT molecular complexity index is 1150. The van der Waals surface area contributed by atoms with E-state index in [1.165, 1.54) is 12.8 Å². The third-order valence-corrected chi connectivity index (χ3v) is 7.08. The number of amides is 1. The summed E-state index contributed by atoms with van der Waals surface area (Å²) in [6.45, 7) is 8.36. The number of ether oxygens (including phenoxy) is 1. The summed E-state index contributed by atoms with van der Waals surface area (Å²) in [4.78, 5) is 15.9. The highest BCUT2D eigenvalue weighted by atomic mass is 16.5. The van der Waals surface area contributed by atoms with Gasteiger partial charge in [-0.3, -0.25) is 4.79 Å². The number of aromatic nitrogens is 4. The van der Waals surface area contributed by atoms with Crippen LogP contribution in [0.5, 0.6) is 5.75 Å². The lowest BCUT2D eigenvalue weighted by atomic mass is 9.99. The Morgan fingerprint density at radius 2 is 2.00 bits per heavy atom. The molecule has 8 heteroatoms. The average molecular weight is 475 g/mol. The van der Waals surface area contributed by atoms with Gasteiger partial charge >= 0.3 is 0 Å². The van der Waals surface area contributed by atoms with E-state index in [-0.39, 0.29) is 5.91 Å². The number of H-pyrrole nitrogens is 1. The summed E-state index contributed by atoms with van der Waals surface area (Å²) in [6, 6.07) is 12.1. The van der Waals surface area contributed by atoms with Crippen molar-refractivity contribution in [3.63, 3.8) is 0 Å².